The fraction of sp³-hybridized carbons (Fsp3) is 0.500. The molecule has 0 unspecified atom stereocenters. The minimum atomic E-state index is 0.540. The standard InChI is InChI=1S/C22H29N3O/c1-26-21-4-2-3-20(15-21)17-24-12-7-22(8-13-24)9-14-25(18-22)16-19-5-10-23-11-6-19/h2-6,10-11,15H,7-9,12-14,16-18H2,1H3. The molecule has 138 valence electrons. The quantitative estimate of drug-likeness (QED) is 0.823. The van der Waals surface area contributed by atoms with Gasteiger partial charge < -0.3 is 4.74 Å². The summed E-state index contributed by atoms with van der Waals surface area (Å²) in [6.45, 7) is 7.01. The van der Waals surface area contributed by atoms with E-state index in [-0.39, 0.29) is 0 Å². The highest BCUT2D eigenvalue weighted by atomic mass is 16.5. The maximum Gasteiger partial charge on any atom is 0.119 e. The van der Waals surface area contributed by atoms with Gasteiger partial charge in [0.05, 0.1) is 7.11 Å². The Kier molecular flexibility index (Phi) is 5.23. The zero-order valence-corrected chi connectivity index (χ0v) is 15.7. The van der Waals surface area contributed by atoms with Crippen molar-refractivity contribution in [1.29, 1.82) is 0 Å². The molecule has 2 fully saturated rings. The number of likely N-dealkylation sites (tertiary alicyclic amines) is 2. The molecule has 1 aromatic carbocycles. The number of nitrogens with zero attached hydrogens (tertiary/aromatic N) is 3. The van der Waals surface area contributed by atoms with Crippen molar-refractivity contribution in [3.63, 3.8) is 0 Å². The van der Waals surface area contributed by atoms with Crippen LogP contribution in [0.1, 0.15) is 30.4 Å². The molecule has 4 rings (SSSR count). The van der Waals surface area contributed by atoms with Gasteiger partial charge in [0, 0.05) is 32.0 Å². The van der Waals surface area contributed by atoms with E-state index < -0.39 is 0 Å². The Bertz CT molecular complexity index is 710. The second-order valence-electron chi connectivity index (χ2n) is 7.94. The second-order valence-corrected chi connectivity index (χ2v) is 7.94. The Balaban J connectivity index is 1.29. The van der Waals surface area contributed by atoms with Crippen LogP contribution in [0.3, 0.4) is 0 Å². The summed E-state index contributed by atoms with van der Waals surface area (Å²) in [4.78, 5) is 9.36. The van der Waals surface area contributed by atoms with E-state index in [9.17, 15) is 0 Å². The van der Waals surface area contributed by atoms with Gasteiger partial charge in [0.2, 0.25) is 0 Å². The van der Waals surface area contributed by atoms with Crippen LogP contribution in [0.2, 0.25) is 0 Å². The number of ether oxygens (including phenoxy) is 1. The van der Waals surface area contributed by atoms with Crippen LogP contribution in [-0.2, 0) is 13.1 Å². The van der Waals surface area contributed by atoms with Gasteiger partial charge in [-0.2, -0.15) is 0 Å². The fourth-order valence-electron chi connectivity index (χ4n) is 4.53. The van der Waals surface area contributed by atoms with Crippen LogP contribution in [0, 0.1) is 5.41 Å². The highest BCUT2D eigenvalue weighted by molar-refractivity contribution is 5.28. The summed E-state index contributed by atoms with van der Waals surface area (Å²) >= 11 is 0. The summed E-state index contributed by atoms with van der Waals surface area (Å²) in [5, 5.41) is 0. The van der Waals surface area contributed by atoms with E-state index in [1.165, 1.54) is 56.6 Å². The van der Waals surface area contributed by atoms with Crippen LogP contribution >= 0.6 is 0 Å². The molecule has 4 nitrogen and oxygen atoms in total. The Labute approximate surface area is 156 Å². The Hall–Kier alpha value is -1.91. The first-order valence-corrected chi connectivity index (χ1v) is 9.71. The number of rotatable bonds is 5. The zero-order chi connectivity index (χ0) is 17.8. The number of aromatic nitrogens is 1. The van der Waals surface area contributed by atoms with Crippen molar-refractivity contribution in [1.82, 2.24) is 14.8 Å². The van der Waals surface area contributed by atoms with Crippen molar-refractivity contribution in [2.75, 3.05) is 33.3 Å². The summed E-state index contributed by atoms with van der Waals surface area (Å²) in [7, 11) is 1.74. The number of hydrogen-bond donors (Lipinski definition) is 0. The van der Waals surface area contributed by atoms with E-state index in [0.29, 0.717) is 5.41 Å². The van der Waals surface area contributed by atoms with Crippen LogP contribution < -0.4 is 4.74 Å². The van der Waals surface area contributed by atoms with Gasteiger partial charge in [-0.15, -0.1) is 0 Å². The van der Waals surface area contributed by atoms with E-state index in [4.69, 9.17) is 4.74 Å². The van der Waals surface area contributed by atoms with Crippen molar-refractivity contribution >= 4 is 0 Å². The van der Waals surface area contributed by atoms with Crippen LogP contribution in [-0.4, -0.2) is 48.1 Å². The van der Waals surface area contributed by atoms with Crippen LogP contribution in [0.15, 0.2) is 48.8 Å². The first-order chi connectivity index (χ1) is 12.7. The maximum absolute atomic E-state index is 5.35. The molecule has 0 atom stereocenters. The molecule has 0 N–H and O–H groups in total. The van der Waals surface area contributed by atoms with Gasteiger partial charge in [0.15, 0.2) is 0 Å². The molecule has 0 amide bonds. The highest BCUT2D eigenvalue weighted by Gasteiger charge is 2.40. The number of pyridine rings is 1. The van der Waals surface area contributed by atoms with Gasteiger partial charge in [-0.3, -0.25) is 14.8 Å². The second kappa shape index (κ2) is 7.77. The summed E-state index contributed by atoms with van der Waals surface area (Å²) < 4.78 is 5.35. The SMILES string of the molecule is COc1cccc(CN2CCC3(CC2)CCN(Cc2ccncc2)C3)c1. The third-order valence-corrected chi connectivity index (χ3v) is 6.13. The molecule has 0 aliphatic carbocycles. The molecular formula is C22H29N3O. The van der Waals surface area contributed by atoms with E-state index in [2.05, 4.69) is 45.1 Å². The van der Waals surface area contributed by atoms with Crippen molar-refractivity contribution in [3.8, 4) is 5.75 Å². The van der Waals surface area contributed by atoms with E-state index in [0.717, 1.165) is 18.8 Å². The predicted octanol–water partition coefficient (Wildman–Crippen LogP) is 3.58. The van der Waals surface area contributed by atoms with Gasteiger partial charge in [0.1, 0.15) is 5.75 Å². The molecule has 4 heteroatoms. The minimum Gasteiger partial charge on any atom is -0.497 e. The predicted molar refractivity (Wildman–Crippen MR) is 104 cm³/mol. The van der Waals surface area contributed by atoms with Crippen LogP contribution in [0.4, 0.5) is 0 Å². The largest absolute Gasteiger partial charge is 0.497 e. The normalized spacial score (nSPS) is 20.5. The first kappa shape index (κ1) is 17.5. The van der Waals surface area contributed by atoms with E-state index in [1.807, 2.05) is 18.5 Å². The molecule has 0 radical (unpaired) electrons. The topological polar surface area (TPSA) is 28.6 Å². The van der Waals surface area contributed by atoms with E-state index >= 15 is 0 Å². The number of piperidine rings is 1. The number of hydrogen-bond acceptors (Lipinski definition) is 4. The van der Waals surface area contributed by atoms with Gasteiger partial charge >= 0.3 is 0 Å². The third-order valence-electron chi connectivity index (χ3n) is 6.13. The molecule has 1 spiro atoms. The van der Waals surface area contributed by atoms with Crippen molar-refractivity contribution in [2.24, 2.45) is 5.41 Å². The summed E-state index contributed by atoms with van der Waals surface area (Å²) in [5.74, 6) is 0.957. The molecule has 2 aliphatic rings. The maximum atomic E-state index is 5.35. The fourth-order valence-corrected chi connectivity index (χ4v) is 4.53. The van der Waals surface area contributed by atoms with Gasteiger partial charge in [-0.25, -0.2) is 0 Å². The van der Waals surface area contributed by atoms with Crippen molar-refractivity contribution in [2.45, 2.75) is 32.4 Å². The van der Waals surface area contributed by atoms with Crippen molar-refractivity contribution < 1.29 is 4.74 Å². The molecule has 2 saturated heterocycles. The Morgan fingerprint density at radius 3 is 2.35 bits per heavy atom. The lowest BCUT2D eigenvalue weighted by Crippen LogP contribution is -2.41. The third kappa shape index (κ3) is 4.08. The smallest absolute Gasteiger partial charge is 0.119 e. The molecule has 0 saturated carbocycles. The lowest BCUT2D eigenvalue weighted by Gasteiger charge is -2.39. The molecule has 3 heterocycles. The average molecular weight is 351 g/mol. The van der Waals surface area contributed by atoms with Gasteiger partial charge in [-0.05, 0) is 79.7 Å². The first-order valence-electron chi connectivity index (χ1n) is 9.71. The Morgan fingerprint density at radius 2 is 1.62 bits per heavy atom. The van der Waals surface area contributed by atoms with Crippen LogP contribution in [0.25, 0.3) is 0 Å². The lowest BCUT2D eigenvalue weighted by atomic mass is 9.77. The van der Waals surface area contributed by atoms with Crippen LogP contribution in [0.5, 0.6) is 5.75 Å². The molecule has 2 aliphatic heterocycles. The highest BCUT2D eigenvalue weighted by Crippen LogP contribution is 2.41. The molecule has 26 heavy (non-hydrogen) atoms. The van der Waals surface area contributed by atoms with Gasteiger partial charge in [-0.1, -0.05) is 12.1 Å². The van der Waals surface area contributed by atoms with E-state index in [1.54, 1.807) is 7.11 Å². The zero-order valence-electron chi connectivity index (χ0n) is 15.7. The number of benzene rings is 1. The minimum absolute atomic E-state index is 0.540. The molecular weight excluding hydrogens is 322 g/mol. The summed E-state index contributed by atoms with van der Waals surface area (Å²) in [5.41, 5.74) is 3.27. The lowest BCUT2D eigenvalue weighted by molar-refractivity contribution is 0.102. The number of methoxy groups -OCH3 is 1. The monoisotopic (exact) mass is 351 g/mol. The molecule has 0 bridgehead atoms. The average Bonchev–Trinajstić information content (AvgIpc) is 3.07. The van der Waals surface area contributed by atoms with Gasteiger partial charge in [0.25, 0.3) is 0 Å². The summed E-state index contributed by atoms with van der Waals surface area (Å²) in [6, 6.07) is 12.8. The summed E-state index contributed by atoms with van der Waals surface area (Å²) in [6.07, 6.45) is 7.80. The molecule has 2 aromatic rings. The van der Waals surface area contributed by atoms with Crippen molar-refractivity contribution in [3.05, 3.63) is 59.9 Å². The Morgan fingerprint density at radius 1 is 0.923 bits per heavy atom. The molecule has 1 aromatic heterocycles.